The quantitative estimate of drug-likeness (QED) is 0.626. The first-order valence-electron chi connectivity index (χ1n) is 4.63. The van der Waals surface area contributed by atoms with Crippen LogP contribution in [0.15, 0.2) is 0 Å². The molecule has 2 aliphatic heterocycles. The van der Waals surface area contributed by atoms with Crippen molar-refractivity contribution in [1.82, 2.24) is 0 Å². The van der Waals surface area contributed by atoms with Gasteiger partial charge < -0.3 is 9.47 Å². The van der Waals surface area contributed by atoms with Crippen LogP contribution in [-0.4, -0.2) is 40.6 Å². The second-order valence-electron chi connectivity index (χ2n) is 4.21. The summed E-state index contributed by atoms with van der Waals surface area (Å²) in [5.41, 5.74) is -0.307. The largest absolute Gasteiger partial charge is 0.373 e. The molecule has 4 heteroatoms. The molecule has 13 heavy (non-hydrogen) atoms. The predicted molar refractivity (Wildman–Crippen MR) is 51.1 cm³/mol. The Labute approximate surface area is 81.2 Å². The normalized spacial score (nSPS) is 52.1. The van der Waals surface area contributed by atoms with Crippen molar-refractivity contribution >= 4 is 10.8 Å². The molecule has 0 aromatic rings. The summed E-state index contributed by atoms with van der Waals surface area (Å²) in [4.78, 5) is 0. The minimum absolute atomic E-state index is 0.0439. The van der Waals surface area contributed by atoms with E-state index in [0.717, 1.165) is 6.61 Å². The second-order valence-corrected chi connectivity index (χ2v) is 5.78. The molecule has 5 unspecified atom stereocenters. The highest BCUT2D eigenvalue weighted by Gasteiger charge is 2.56. The van der Waals surface area contributed by atoms with E-state index < -0.39 is 10.8 Å². The van der Waals surface area contributed by atoms with Crippen LogP contribution in [0.25, 0.3) is 0 Å². The van der Waals surface area contributed by atoms with E-state index in [1.165, 1.54) is 0 Å². The van der Waals surface area contributed by atoms with Crippen LogP contribution in [0.5, 0.6) is 0 Å². The van der Waals surface area contributed by atoms with Crippen LogP contribution < -0.4 is 0 Å². The lowest BCUT2D eigenvalue weighted by Crippen LogP contribution is -2.44. The van der Waals surface area contributed by atoms with Crippen molar-refractivity contribution in [2.24, 2.45) is 5.92 Å². The zero-order valence-corrected chi connectivity index (χ0v) is 9.10. The van der Waals surface area contributed by atoms with Gasteiger partial charge in [-0.25, -0.2) is 0 Å². The Balaban J connectivity index is 2.25. The van der Waals surface area contributed by atoms with Crippen LogP contribution in [-0.2, 0) is 20.3 Å². The summed E-state index contributed by atoms with van der Waals surface area (Å²) < 4.78 is 22.8. The van der Waals surface area contributed by atoms with Crippen molar-refractivity contribution in [2.75, 3.05) is 19.5 Å². The third kappa shape index (κ3) is 1.27. The van der Waals surface area contributed by atoms with Gasteiger partial charge >= 0.3 is 0 Å². The lowest BCUT2D eigenvalue weighted by atomic mass is 9.93. The first-order chi connectivity index (χ1) is 6.05. The van der Waals surface area contributed by atoms with Crippen LogP contribution in [0.4, 0.5) is 0 Å². The molecule has 0 aromatic carbocycles. The fourth-order valence-electron chi connectivity index (χ4n) is 2.43. The number of rotatable bonds is 1. The molecule has 5 atom stereocenters. The van der Waals surface area contributed by atoms with Crippen LogP contribution in [0.2, 0.25) is 0 Å². The molecule has 0 N–H and O–H groups in total. The summed E-state index contributed by atoms with van der Waals surface area (Å²) in [7, 11) is -0.856. The third-order valence-corrected chi connectivity index (χ3v) is 4.61. The van der Waals surface area contributed by atoms with Crippen LogP contribution in [0.3, 0.4) is 0 Å². The lowest BCUT2D eigenvalue weighted by Gasteiger charge is -2.27. The molecule has 0 bridgehead atoms. The van der Waals surface area contributed by atoms with Gasteiger partial charge in [0.1, 0.15) is 5.60 Å². The number of fused-ring (bicyclic) bond motifs is 1. The van der Waals surface area contributed by atoms with Gasteiger partial charge in [-0.2, -0.15) is 0 Å². The topological polar surface area (TPSA) is 35.5 Å². The molecule has 2 rings (SSSR count). The van der Waals surface area contributed by atoms with Crippen molar-refractivity contribution in [3.63, 3.8) is 0 Å². The van der Waals surface area contributed by atoms with Crippen molar-refractivity contribution < 1.29 is 13.7 Å². The highest BCUT2D eigenvalue weighted by Crippen LogP contribution is 2.41. The minimum Gasteiger partial charge on any atom is -0.373 e. The summed E-state index contributed by atoms with van der Waals surface area (Å²) in [6, 6.07) is 0. The van der Waals surface area contributed by atoms with E-state index >= 15 is 0 Å². The maximum Gasteiger partial charge on any atom is 0.108 e. The van der Waals surface area contributed by atoms with Gasteiger partial charge in [-0.3, -0.25) is 4.21 Å². The Morgan fingerprint density at radius 3 is 2.77 bits per heavy atom. The summed E-state index contributed by atoms with van der Waals surface area (Å²) in [5, 5.41) is 0.0439. The fraction of sp³-hybridized carbons (Fsp3) is 1.00. The van der Waals surface area contributed by atoms with Gasteiger partial charge in [0, 0.05) is 23.0 Å². The van der Waals surface area contributed by atoms with Crippen LogP contribution >= 0.6 is 0 Å². The maximum atomic E-state index is 11.5. The highest BCUT2D eigenvalue weighted by molar-refractivity contribution is 7.85. The zero-order valence-electron chi connectivity index (χ0n) is 8.28. The Hall–Kier alpha value is 0.0700. The van der Waals surface area contributed by atoms with Gasteiger partial charge in [0.15, 0.2) is 0 Å². The first kappa shape index (κ1) is 9.62. The molecular weight excluding hydrogens is 188 g/mol. The van der Waals surface area contributed by atoms with E-state index in [-0.39, 0.29) is 17.0 Å². The predicted octanol–water partition coefficient (Wildman–Crippen LogP) is 0.557. The first-order valence-corrected chi connectivity index (χ1v) is 6.25. The Morgan fingerprint density at radius 2 is 2.15 bits per heavy atom. The molecule has 0 radical (unpaired) electrons. The molecule has 2 heterocycles. The third-order valence-electron chi connectivity index (χ3n) is 3.21. The molecule has 76 valence electrons. The summed E-state index contributed by atoms with van der Waals surface area (Å²) in [6.07, 6.45) is 1.87. The standard InChI is InChI=1S/C9H16O3S/c1-6-4-12-9(2)7(13(3)10)5-11-8(6)9/h6-8H,4-5H2,1-3H3. The molecule has 3 nitrogen and oxygen atoms in total. The van der Waals surface area contributed by atoms with E-state index in [2.05, 4.69) is 6.92 Å². The van der Waals surface area contributed by atoms with E-state index in [1.54, 1.807) is 6.26 Å². The minimum atomic E-state index is -0.856. The molecule has 2 aliphatic rings. The summed E-state index contributed by atoms with van der Waals surface area (Å²) >= 11 is 0. The van der Waals surface area contributed by atoms with E-state index in [1.807, 2.05) is 6.92 Å². The van der Waals surface area contributed by atoms with Gasteiger partial charge in [0.25, 0.3) is 0 Å². The lowest BCUT2D eigenvalue weighted by molar-refractivity contribution is -0.00559. The van der Waals surface area contributed by atoms with Crippen LogP contribution in [0.1, 0.15) is 13.8 Å². The SMILES string of the molecule is CC1COC2(C)C1OCC2S(C)=O. The summed E-state index contributed by atoms with van der Waals surface area (Å²) in [5.74, 6) is 0.429. The molecule has 0 aromatic heterocycles. The second kappa shape index (κ2) is 3.04. The van der Waals surface area contributed by atoms with Crippen LogP contribution in [0, 0.1) is 5.92 Å². The maximum absolute atomic E-state index is 11.5. The molecule has 2 fully saturated rings. The van der Waals surface area contributed by atoms with Crippen molar-refractivity contribution in [3.8, 4) is 0 Å². The monoisotopic (exact) mass is 204 g/mol. The Kier molecular flexibility index (Phi) is 2.25. The van der Waals surface area contributed by atoms with Gasteiger partial charge in [-0.05, 0) is 6.92 Å². The smallest absolute Gasteiger partial charge is 0.108 e. The van der Waals surface area contributed by atoms with Gasteiger partial charge in [0.05, 0.1) is 24.6 Å². The Morgan fingerprint density at radius 1 is 1.46 bits per heavy atom. The van der Waals surface area contributed by atoms with E-state index in [4.69, 9.17) is 9.47 Å². The van der Waals surface area contributed by atoms with E-state index in [9.17, 15) is 4.21 Å². The summed E-state index contributed by atoms with van der Waals surface area (Å²) in [6.45, 7) is 5.46. The molecule has 0 aliphatic carbocycles. The molecule has 2 saturated heterocycles. The van der Waals surface area contributed by atoms with Crippen molar-refractivity contribution in [3.05, 3.63) is 0 Å². The number of ether oxygens (including phenoxy) is 2. The highest BCUT2D eigenvalue weighted by atomic mass is 32.2. The average Bonchev–Trinajstić information content (AvgIpc) is 2.50. The molecular formula is C9H16O3S. The van der Waals surface area contributed by atoms with Gasteiger partial charge in [-0.1, -0.05) is 6.92 Å². The fourth-order valence-corrected chi connectivity index (χ4v) is 3.56. The molecule has 0 spiro atoms. The zero-order chi connectivity index (χ0) is 9.64. The van der Waals surface area contributed by atoms with E-state index in [0.29, 0.717) is 12.5 Å². The van der Waals surface area contributed by atoms with Crippen molar-refractivity contribution in [1.29, 1.82) is 0 Å². The average molecular weight is 204 g/mol. The van der Waals surface area contributed by atoms with Crippen molar-refractivity contribution in [2.45, 2.75) is 30.8 Å². The Bertz CT molecular complexity index is 243. The molecule has 0 amide bonds. The number of hydrogen-bond donors (Lipinski definition) is 0. The number of hydrogen-bond acceptors (Lipinski definition) is 3. The van der Waals surface area contributed by atoms with Gasteiger partial charge in [0.2, 0.25) is 0 Å². The van der Waals surface area contributed by atoms with Gasteiger partial charge in [-0.15, -0.1) is 0 Å². The molecule has 0 saturated carbocycles.